The van der Waals surface area contributed by atoms with Crippen LogP contribution in [0.5, 0.6) is 5.75 Å². The molecule has 19 heavy (non-hydrogen) atoms. The van der Waals surface area contributed by atoms with Crippen molar-refractivity contribution in [1.82, 2.24) is 0 Å². The Labute approximate surface area is 115 Å². The van der Waals surface area contributed by atoms with E-state index in [-0.39, 0.29) is 15.7 Å². The molecule has 0 saturated carbocycles. The van der Waals surface area contributed by atoms with Gasteiger partial charge in [0.05, 0.1) is 5.02 Å². The molecule has 0 atom stereocenters. The number of para-hydroxylation sites is 1. The zero-order valence-electron chi connectivity index (χ0n) is 9.93. The summed E-state index contributed by atoms with van der Waals surface area (Å²) in [4.78, 5) is -0.265. The molecule has 0 unspecified atom stereocenters. The molecule has 0 aliphatic carbocycles. The van der Waals surface area contributed by atoms with Crippen LogP contribution >= 0.6 is 11.6 Å². The lowest BCUT2D eigenvalue weighted by Gasteiger charge is -2.10. The van der Waals surface area contributed by atoms with E-state index in [1.54, 1.807) is 25.1 Å². The van der Waals surface area contributed by atoms with Gasteiger partial charge in [0.15, 0.2) is 0 Å². The molecule has 0 N–H and O–H groups in total. The lowest BCUT2D eigenvalue weighted by atomic mass is 10.2. The highest BCUT2D eigenvalue weighted by molar-refractivity contribution is 7.87. The Kier molecular flexibility index (Phi) is 3.78. The van der Waals surface area contributed by atoms with E-state index in [0.29, 0.717) is 5.56 Å². The number of benzene rings is 2. The van der Waals surface area contributed by atoms with Gasteiger partial charge in [-0.05, 0) is 36.8 Å². The molecular formula is C13H10ClFO3S. The summed E-state index contributed by atoms with van der Waals surface area (Å²) >= 11 is 5.72. The highest BCUT2D eigenvalue weighted by Crippen LogP contribution is 2.27. The first-order valence-electron chi connectivity index (χ1n) is 5.35. The topological polar surface area (TPSA) is 43.4 Å². The van der Waals surface area contributed by atoms with Crippen molar-refractivity contribution in [2.75, 3.05) is 0 Å². The Morgan fingerprint density at radius 3 is 2.47 bits per heavy atom. The summed E-state index contributed by atoms with van der Waals surface area (Å²) in [6, 6.07) is 9.69. The highest BCUT2D eigenvalue weighted by atomic mass is 35.5. The third-order valence-corrected chi connectivity index (χ3v) is 4.17. The van der Waals surface area contributed by atoms with Gasteiger partial charge in [0.1, 0.15) is 16.5 Å². The van der Waals surface area contributed by atoms with Crippen molar-refractivity contribution in [3.8, 4) is 5.75 Å². The normalized spacial score (nSPS) is 11.3. The van der Waals surface area contributed by atoms with Crippen LogP contribution in [0.15, 0.2) is 47.4 Å². The summed E-state index contributed by atoms with van der Waals surface area (Å²) < 4.78 is 42.0. The monoisotopic (exact) mass is 300 g/mol. The summed E-state index contributed by atoms with van der Waals surface area (Å²) in [7, 11) is -4.08. The van der Waals surface area contributed by atoms with E-state index < -0.39 is 15.9 Å². The van der Waals surface area contributed by atoms with Crippen molar-refractivity contribution in [3.63, 3.8) is 0 Å². The molecule has 0 aromatic heterocycles. The Hall–Kier alpha value is -1.59. The summed E-state index contributed by atoms with van der Waals surface area (Å²) in [6.45, 7) is 1.72. The molecule has 2 aromatic carbocycles. The molecule has 0 bridgehead atoms. The number of aryl methyl sites for hydroxylation is 1. The quantitative estimate of drug-likeness (QED) is 0.814. The Balaban J connectivity index is 2.41. The second kappa shape index (κ2) is 5.19. The minimum atomic E-state index is -4.08. The van der Waals surface area contributed by atoms with Crippen molar-refractivity contribution in [1.29, 1.82) is 0 Å². The molecule has 2 rings (SSSR count). The lowest BCUT2D eigenvalue weighted by Crippen LogP contribution is -2.11. The number of hydrogen-bond acceptors (Lipinski definition) is 3. The molecular weight excluding hydrogens is 291 g/mol. The standard InChI is InChI=1S/C13H10ClFO3S/c1-9-4-2-3-5-12(9)18-19(16,17)13-7-6-10(15)8-11(13)14/h2-8H,1H3. The fourth-order valence-corrected chi connectivity index (χ4v) is 2.99. The molecule has 0 saturated heterocycles. The van der Waals surface area contributed by atoms with Crippen molar-refractivity contribution in [2.24, 2.45) is 0 Å². The van der Waals surface area contributed by atoms with Crippen LogP contribution in [-0.2, 0) is 10.1 Å². The van der Waals surface area contributed by atoms with Crippen LogP contribution in [0.3, 0.4) is 0 Å². The second-order valence-electron chi connectivity index (χ2n) is 3.88. The minimum absolute atomic E-state index is 0.211. The third-order valence-electron chi connectivity index (χ3n) is 2.46. The molecule has 3 nitrogen and oxygen atoms in total. The summed E-state index contributed by atoms with van der Waals surface area (Å²) in [5.74, 6) is -0.400. The third kappa shape index (κ3) is 3.05. The van der Waals surface area contributed by atoms with Gasteiger partial charge in [-0.1, -0.05) is 29.8 Å². The zero-order valence-corrected chi connectivity index (χ0v) is 11.5. The maximum Gasteiger partial charge on any atom is 0.340 e. The van der Waals surface area contributed by atoms with E-state index in [4.69, 9.17) is 15.8 Å². The molecule has 0 spiro atoms. The predicted molar refractivity (Wildman–Crippen MR) is 70.4 cm³/mol. The Bertz CT molecular complexity index is 714. The molecule has 0 aliphatic heterocycles. The van der Waals surface area contributed by atoms with E-state index >= 15 is 0 Å². The van der Waals surface area contributed by atoms with Gasteiger partial charge in [-0.25, -0.2) is 4.39 Å². The molecule has 100 valence electrons. The van der Waals surface area contributed by atoms with Crippen LogP contribution in [0.4, 0.5) is 4.39 Å². The molecule has 0 amide bonds. The Morgan fingerprint density at radius 1 is 1.16 bits per heavy atom. The average molecular weight is 301 g/mol. The molecule has 0 fully saturated rings. The number of halogens is 2. The van der Waals surface area contributed by atoms with Gasteiger partial charge in [-0.15, -0.1) is 0 Å². The van der Waals surface area contributed by atoms with E-state index in [1.807, 2.05) is 0 Å². The first-order valence-corrected chi connectivity index (χ1v) is 7.14. The largest absolute Gasteiger partial charge is 0.379 e. The first-order chi connectivity index (χ1) is 8.90. The van der Waals surface area contributed by atoms with E-state index in [0.717, 1.165) is 18.2 Å². The summed E-state index contributed by atoms with van der Waals surface area (Å²) in [5.41, 5.74) is 0.671. The van der Waals surface area contributed by atoms with E-state index in [2.05, 4.69) is 0 Å². The number of rotatable bonds is 3. The maximum atomic E-state index is 12.9. The second-order valence-corrected chi connectivity index (χ2v) is 5.80. The van der Waals surface area contributed by atoms with Crippen molar-refractivity contribution >= 4 is 21.7 Å². The van der Waals surface area contributed by atoms with Gasteiger partial charge in [0.25, 0.3) is 0 Å². The maximum absolute atomic E-state index is 12.9. The van der Waals surface area contributed by atoms with Gasteiger partial charge < -0.3 is 4.18 Å². The fourth-order valence-electron chi connectivity index (χ4n) is 1.49. The fraction of sp³-hybridized carbons (Fsp3) is 0.0769. The van der Waals surface area contributed by atoms with Crippen LogP contribution in [0, 0.1) is 12.7 Å². The molecule has 0 aliphatic rings. The SMILES string of the molecule is Cc1ccccc1OS(=O)(=O)c1ccc(F)cc1Cl. The van der Waals surface area contributed by atoms with Gasteiger partial charge in [-0.3, -0.25) is 0 Å². The summed E-state index contributed by atoms with van der Waals surface area (Å²) in [5, 5.41) is -0.214. The summed E-state index contributed by atoms with van der Waals surface area (Å²) in [6.07, 6.45) is 0. The smallest absolute Gasteiger partial charge is 0.340 e. The van der Waals surface area contributed by atoms with Crippen molar-refractivity contribution < 1.29 is 17.0 Å². The Morgan fingerprint density at radius 2 is 1.84 bits per heavy atom. The van der Waals surface area contributed by atoms with E-state index in [9.17, 15) is 12.8 Å². The van der Waals surface area contributed by atoms with Crippen LogP contribution in [-0.4, -0.2) is 8.42 Å². The molecule has 6 heteroatoms. The van der Waals surface area contributed by atoms with Gasteiger partial charge in [0.2, 0.25) is 0 Å². The van der Waals surface area contributed by atoms with Crippen molar-refractivity contribution in [2.45, 2.75) is 11.8 Å². The zero-order chi connectivity index (χ0) is 14.0. The highest BCUT2D eigenvalue weighted by Gasteiger charge is 2.21. The average Bonchev–Trinajstić information content (AvgIpc) is 2.31. The van der Waals surface area contributed by atoms with Crippen LogP contribution in [0.25, 0.3) is 0 Å². The number of hydrogen-bond donors (Lipinski definition) is 0. The van der Waals surface area contributed by atoms with Crippen molar-refractivity contribution in [3.05, 3.63) is 58.9 Å². The van der Waals surface area contributed by atoms with Crippen LogP contribution in [0.1, 0.15) is 5.56 Å². The van der Waals surface area contributed by atoms with Crippen LogP contribution in [0.2, 0.25) is 5.02 Å². The van der Waals surface area contributed by atoms with Gasteiger partial charge in [0, 0.05) is 0 Å². The molecule has 0 heterocycles. The van der Waals surface area contributed by atoms with Gasteiger partial charge in [-0.2, -0.15) is 8.42 Å². The molecule has 0 radical (unpaired) electrons. The van der Waals surface area contributed by atoms with Crippen LogP contribution < -0.4 is 4.18 Å². The molecule has 2 aromatic rings. The predicted octanol–water partition coefficient (Wildman–Crippen LogP) is 3.56. The van der Waals surface area contributed by atoms with E-state index in [1.165, 1.54) is 6.07 Å². The lowest BCUT2D eigenvalue weighted by molar-refractivity contribution is 0.484. The first kappa shape index (κ1) is 13.8. The van der Waals surface area contributed by atoms with Gasteiger partial charge >= 0.3 is 10.1 Å². The minimum Gasteiger partial charge on any atom is -0.379 e.